The van der Waals surface area contributed by atoms with E-state index >= 15 is 0 Å². The maximum absolute atomic E-state index is 12.7. The zero-order chi connectivity index (χ0) is 20.4. The third-order valence-electron chi connectivity index (χ3n) is 4.70. The largest absolute Gasteiger partial charge is 0.497 e. The molecule has 1 aliphatic rings. The number of hydrogen-bond donors (Lipinski definition) is 1. The molecule has 8 heteroatoms. The van der Waals surface area contributed by atoms with Crippen molar-refractivity contribution in [2.24, 2.45) is 0 Å². The highest BCUT2D eigenvalue weighted by Gasteiger charge is 2.35. The summed E-state index contributed by atoms with van der Waals surface area (Å²) in [6.07, 6.45) is 3.41. The van der Waals surface area contributed by atoms with Crippen LogP contribution in [0.5, 0.6) is 5.75 Å². The van der Waals surface area contributed by atoms with Crippen LogP contribution in [0.25, 0.3) is 11.4 Å². The Hall–Kier alpha value is -3.68. The molecule has 1 aliphatic heterocycles. The van der Waals surface area contributed by atoms with Gasteiger partial charge in [0.1, 0.15) is 11.8 Å². The zero-order valence-corrected chi connectivity index (χ0v) is 16.4. The van der Waals surface area contributed by atoms with Crippen LogP contribution >= 0.6 is 0 Å². The number of nitrogens with zero attached hydrogens (tertiary/aromatic N) is 4. The third kappa shape index (κ3) is 3.44. The van der Waals surface area contributed by atoms with E-state index in [1.54, 1.807) is 31.1 Å². The quantitative estimate of drug-likeness (QED) is 0.668. The molecule has 3 heterocycles. The van der Waals surface area contributed by atoms with Gasteiger partial charge >= 0.3 is 5.97 Å². The lowest BCUT2D eigenvalue weighted by Gasteiger charge is -2.27. The summed E-state index contributed by atoms with van der Waals surface area (Å²) in [5, 5.41) is 7.88. The lowest BCUT2D eigenvalue weighted by molar-refractivity contribution is -0.139. The minimum Gasteiger partial charge on any atom is -0.497 e. The van der Waals surface area contributed by atoms with E-state index in [-0.39, 0.29) is 6.61 Å². The van der Waals surface area contributed by atoms with Gasteiger partial charge in [-0.05, 0) is 49.7 Å². The second-order valence-electron chi connectivity index (χ2n) is 6.51. The van der Waals surface area contributed by atoms with Gasteiger partial charge in [0.05, 0.1) is 19.3 Å². The topological polar surface area (TPSA) is 91.2 Å². The highest BCUT2D eigenvalue weighted by atomic mass is 16.5. The van der Waals surface area contributed by atoms with Crippen molar-refractivity contribution < 1.29 is 14.3 Å². The molecule has 0 spiro atoms. The van der Waals surface area contributed by atoms with E-state index < -0.39 is 12.0 Å². The molecule has 1 N–H and O–H groups in total. The van der Waals surface area contributed by atoms with E-state index in [9.17, 15) is 4.79 Å². The molecule has 0 aliphatic carbocycles. The standard InChI is InChI=1S/C21H21N5O3/c1-4-29-20(27)17-13(2)23-21-24-19(14-7-9-16(28-3)10-8-14)25-26(21)18(17)15-6-5-11-22-12-15/h5-12,18H,4H2,1-3H3,(H,23,24,25). The number of esters is 1. The number of ether oxygens (including phenoxy) is 2. The maximum atomic E-state index is 12.7. The summed E-state index contributed by atoms with van der Waals surface area (Å²) in [6, 6.07) is 10.8. The second kappa shape index (κ2) is 7.75. The molecular weight excluding hydrogens is 370 g/mol. The fourth-order valence-corrected chi connectivity index (χ4v) is 3.33. The second-order valence-corrected chi connectivity index (χ2v) is 6.51. The van der Waals surface area contributed by atoms with Crippen molar-refractivity contribution in [2.45, 2.75) is 19.9 Å². The van der Waals surface area contributed by atoms with Gasteiger partial charge in [-0.25, -0.2) is 9.48 Å². The van der Waals surface area contributed by atoms with E-state index in [0.717, 1.165) is 16.9 Å². The lowest BCUT2D eigenvalue weighted by Crippen LogP contribution is -2.29. The normalized spacial score (nSPS) is 15.5. The van der Waals surface area contributed by atoms with Gasteiger partial charge in [-0.3, -0.25) is 4.98 Å². The molecule has 0 radical (unpaired) electrons. The smallest absolute Gasteiger partial charge is 0.338 e. The number of nitrogens with one attached hydrogen (secondary N) is 1. The first-order chi connectivity index (χ1) is 14.1. The molecule has 2 aromatic heterocycles. The third-order valence-corrected chi connectivity index (χ3v) is 4.70. The highest BCUT2D eigenvalue weighted by Crippen LogP contribution is 2.36. The number of hydrogen-bond acceptors (Lipinski definition) is 7. The molecule has 1 unspecified atom stereocenters. The van der Waals surface area contributed by atoms with E-state index in [1.165, 1.54) is 0 Å². The summed E-state index contributed by atoms with van der Waals surface area (Å²) in [4.78, 5) is 21.6. The lowest BCUT2D eigenvalue weighted by atomic mass is 9.97. The Kier molecular flexibility index (Phi) is 4.99. The molecule has 0 saturated heterocycles. The van der Waals surface area contributed by atoms with Gasteiger partial charge in [-0.15, -0.1) is 5.10 Å². The van der Waals surface area contributed by atoms with Gasteiger partial charge in [0.2, 0.25) is 5.95 Å². The van der Waals surface area contributed by atoms with Crippen molar-refractivity contribution >= 4 is 11.9 Å². The Bertz CT molecular complexity index is 1060. The van der Waals surface area contributed by atoms with E-state index in [0.29, 0.717) is 23.0 Å². The molecule has 0 fully saturated rings. The number of pyridine rings is 1. The summed E-state index contributed by atoms with van der Waals surface area (Å²) < 4.78 is 12.2. The van der Waals surface area contributed by atoms with Crippen molar-refractivity contribution in [3.05, 3.63) is 65.6 Å². The van der Waals surface area contributed by atoms with Crippen molar-refractivity contribution in [1.29, 1.82) is 0 Å². The highest BCUT2D eigenvalue weighted by molar-refractivity contribution is 5.92. The average molecular weight is 391 g/mol. The molecule has 4 rings (SSSR count). The van der Waals surface area contributed by atoms with Crippen LogP contribution in [0.3, 0.4) is 0 Å². The van der Waals surface area contributed by atoms with Crippen molar-refractivity contribution in [3.8, 4) is 17.1 Å². The Morgan fingerprint density at radius 2 is 2.03 bits per heavy atom. The minimum absolute atomic E-state index is 0.288. The number of methoxy groups -OCH3 is 1. The monoisotopic (exact) mass is 391 g/mol. The molecule has 0 saturated carbocycles. The number of carbonyl (C=O) groups excluding carboxylic acids is 1. The SMILES string of the molecule is CCOC(=O)C1=C(C)Nc2nc(-c3ccc(OC)cc3)nn2C1c1cccnc1. The number of benzene rings is 1. The number of fused-ring (bicyclic) bond motifs is 1. The fourth-order valence-electron chi connectivity index (χ4n) is 3.33. The van der Waals surface area contributed by atoms with Crippen LogP contribution < -0.4 is 10.1 Å². The first-order valence-corrected chi connectivity index (χ1v) is 9.28. The number of anilines is 1. The van der Waals surface area contributed by atoms with Crippen LogP contribution in [0.4, 0.5) is 5.95 Å². The Labute approximate surface area is 168 Å². The van der Waals surface area contributed by atoms with E-state index in [4.69, 9.17) is 14.6 Å². The van der Waals surface area contributed by atoms with Gasteiger partial charge in [-0.1, -0.05) is 6.07 Å². The van der Waals surface area contributed by atoms with Gasteiger partial charge in [0, 0.05) is 23.7 Å². The molecule has 3 aromatic rings. The summed E-state index contributed by atoms with van der Waals surface area (Å²) in [6.45, 7) is 3.91. The van der Waals surface area contributed by atoms with Gasteiger partial charge < -0.3 is 14.8 Å². The first-order valence-electron chi connectivity index (χ1n) is 9.28. The Morgan fingerprint density at radius 3 is 2.69 bits per heavy atom. The van der Waals surface area contributed by atoms with E-state index in [1.807, 2.05) is 43.3 Å². The van der Waals surface area contributed by atoms with Crippen molar-refractivity contribution in [2.75, 3.05) is 19.0 Å². The number of allylic oxidation sites excluding steroid dienone is 1. The summed E-state index contributed by atoms with van der Waals surface area (Å²) >= 11 is 0. The van der Waals surface area contributed by atoms with Crippen molar-refractivity contribution in [3.63, 3.8) is 0 Å². The summed E-state index contributed by atoms with van der Waals surface area (Å²) in [5.41, 5.74) is 2.83. The average Bonchev–Trinajstić information content (AvgIpc) is 3.17. The summed E-state index contributed by atoms with van der Waals surface area (Å²) in [5.74, 6) is 1.46. The number of carbonyl (C=O) groups is 1. The van der Waals surface area contributed by atoms with Crippen molar-refractivity contribution in [1.82, 2.24) is 19.7 Å². The zero-order valence-electron chi connectivity index (χ0n) is 16.4. The van der Waals surface area contributed by atoms with Crippen LogP contribution in [0.2, 0.25) is 0 Å². The molecule has 1 atom stereocenters. The van der Waals surface area contributed by atoms with Crippen LogP contribution in [0, 0.1) is 0 Å². The Balaban J connectivity index is 1.81. The molecule has 0 bridgehead atoms. The molecule has 29 heavy (non-hydrogen) atoms. The molecular formula is C21H21N5O3. The van der Waals surface area contributed by atoms with Gasteiger partial charge in [-0.2, -0.15) is 4.98 Å². The summed E-state index contributed by atoms with van der Waals surface area (Å²) in [7, 11) is 1.62. The van der Waals surface area contributed by atoms with Crippen LogP contribution in [-0.4, -0.2) is 39.4 Å². The van der Waals surface area contributed by atoms with Crippen LogP contribution in [0.15, 0.2) is 60.1 Å². The van der Waals surface area contributed by atoms with Crippen LogP contribution in [0.1, 0.15) is 25.5 Å². The number of rotatable bonds is 5. The van der Waals surface area contributed by atoms with Crippen LogP contribution in [-0.2, 0) is 9.53 Å². The first kappa shape index (κ1) is 18.7. The predicted octanol–water partition coefficient (Wildman–Crippen LogP) is 3.20. The molecule has 1 aromatic carbocycles. The van der Waals surface area contributed by atoms with Gasteiger partial charge in [0.25, 0.3) is 0 Å². The minimum atomic E-state index is -0.488. The molecule has 0 amide bonds. The molecule has 148 valence electrons. The number of aromatic nitrogens is 4. The molecule has 8 nitrogen and oxygen atoms in total. The van der Waals surface area contributed by atoms with Gasteiger partial charge in [0.15, 0.2) is 5.82 Å². The fraction of sp³-hybridized carbons (Fsp3) is 0.238. The Morgan fingerprint density at radius 1 is 1.24 bits per heavy atom. The predicted molar refractivity (Wildman–Crippen MR) is 107 cm³/mol. The maximum Gasteiger partial charge on any atom is 0.338 e. The van der Waals surface area contributed by atoms with E-state index in [2.05, 4.69) is 15.3 Å².